The van der Waals surface area contributed by atoms with Gasteiger partial charge >= 0.3 is 0 Å². The Balaban J connectivity index is 1.95. The van der Waals surface area contributed by atoms with E-state index < -0.39 is 5.60 Å². The number of hydrogen-bond acceptors (Lipinski definition) is 8. The van der Waals surface area contributed by atoms with Gasteiger partial charge in [0.1, 0.15) is 28.6 Å². The molecule has 4 N–H and O–H groups in total. The van der Waals surface area contributed by atoms with Crippen molar-refractivity contribution in [2.75, 3.05) is 17.2 Å². The summed E-state index contributed by atoms with van der Waals surface area (Å²) in [5, 5.41) is 19.0. The molecule has 0 spiro atoms. The van der Waals surface area contributed by atoms with Gasteiger partial charge in [-0.15, -0.1) is 6.58 Å². The first kappa shape index (κ1) is 20.9. The molecule has 3 aromatic rings. The number of rotatable bonds is 8. The monoisotopic (exact) mass is 405 g/mol. The van der Waals surface area contributed by atoms with Crippen molar-refractivity contribution < 1.29 is 9.90 Å². The first-order valence-electron chi connectivity index (χ1n) is 9.28. The molecule has 9 heteroatoms. The minimum absolute atomic E-state index is 0.235. The molecule has 9 nitrogen and oxygen atoms in total. The number of nitrogens with zero attached hydrogens (tertiary/aromatic N) is 4. The Morgan fingerprint density at radius 3 is 2.60 bits per heavy atom. The fraction of sp³-hybridized carbons (Fsp3) is 0.190. The van der Waals surface area contributed by atoms with Crippen molar-refractivity contribution in [1.82, 2.24) is 25.3 Å². The molecular weight excluding hydrogens is 382 g/mol. The number of pyridine rings is 2. The van der Waals surface area contributed by atoms with E-state index >= 15 is 0 Å². The molecular formula is C21H23N7O2. The number of anilines is 4. The van der Waals surface area contributed by atoms with Crippen molar-refractivity contribution >= 4 is 29.3 Å². The van der Waals surface area contributed by atoms with Gasteiger partial charge in [-0.3, -0.25) is 4.79 Å². The molecule has 0 saturated carbocycles. The average molecular weight is 405 g/mol. The summed E-state index contributed by atoms with van der Waals surface area (Å²) >= 11 is 0. The largest absolute Gasteiger partial charge is 0.384 e. The van der Waals surface area contributed by atoms with Crippen LogP contribution in [0.4, 0.5) is 23.4 Å². The fourth-order valence-corrected chi connectivity index (χ4v) is 2.48. The minimum Gasteiger partial charge on any atom is -0.384 e. The van der Waals surface area contributed by atoms with Crippen LogP contribution in [0.2, 0.25) is 0 Å². The highest BCUT2D eigenvalue weighted by Crippen LogP contribution is 2.23. The first-order chi connectivity index (χ1) is 14.4. The van der Waals surface area contributed by atoms with E-state index in [4.69, 9.17) is 0 Å². The molecule has 0 saturated heterocycles. The topological polar surface area (TPSA) is 125 Å². The Morgan fingerprint density at radius 1 is 1.10 bits per heavy atom. The number of hydrogen-bond donors (Lipinski definition) is 4. The predicted molar refractivity (Wildman–Crippen MR) is 115 cm³/mol. The normalized spacial score (nSPS) is 10.9. The Labute approximate surface area is 174 Å². The van der Waals surface area contributed by atoms with Gasteiger partial charge in [-0.25, -0.2) is 15.0 Å². The molecule has 0 aliphatic rings. The van der Waals surface area contributed by atoms with Crippen LogP contribution in [-0.2, 0) is 5.60 Å². The molecule has 0 aliphatic carbocycles. The van der Waals surface area contributed by atoms with E-state index in [0.717, 1.165) is 0 Å². The third-order valence-corrected chi connectivity index (χ3v) is 3.97. The quantitative estimate of drug-likeness (QED) is 0.422. The molecule has 0 fully saturated rings. The van der Waals surface area contributed by atoms with E-state index in [2.05, 4.69) is 42.5 Å². The molecule has 0 radical (unpaired) electrons. The van der Waals surface area contributed by atoms with Crippen molar-refractivity contribution in [2.45, 2.75) is 19.4 Å². The van der Waals surface area contributed by atoms with Crippen LogP contribution in [0.3, 0.4) is 0 Å². The first-order valence-corrected chi connectivity index (χ1v) is 9.28. The molecule has 154 valence electrons. The van der Waals surface area contributed by atoms with Crippen LogP contribution in [0.1, 0.15) is 29.9 Å². The van der Waals surface area contributed by atoms with Crippen LogP contribution in [-0.4, -0.2) is 37.5 Å². The number of amides is 1. The Hall–Kier alpha value is -3.85. The Bertz CT molecular complexity index is 1030. The summed E-state index contributed by atoms with van der Waals surface area (Å²) in [7, 11) is 0. The van der Waals surface area contributed by atoms with Gasteiger partial charge in [-0.1, -0.05) is 18.2 Å². The molecule has 0 unspecified atom stereocenters. The molecule has 3 rings (SSSR count). The molecule has 3 heterocycles. The van der Waals surface area contributed by atoms with Gasteiger partial charge in [-0.05, 0) is 38.1 Å². The zero-order valence-corrected chi connectivity index (χ0v) is 16.8. The number of aliphatic hydroxyl groups is 1. The van der Waals surface area contributed by atoms with Gasteiger partial charge in [0.05, 0.1) is 5.69 Å². The van der Waals surface area contributed by atoms with Crippen molar-refractivity contribution in [1.29, 1.82) is 0 Å². The molecule has 0 atom stereocenters. The summed E-state index contributed by atoms with van der Waals surface area (Å²) in [6.07, 6.45) is 4.64. The van der Waals surface area contributed by atoms with E-state index in [9.17, 15) is 9.90 Å². The highest BCUT2D eigenvalue weighted by molar-refractivity contribution is 5.99. The molecule has 0 aliphatic heterocycles. The second-order valence-corrected chi connectivity index (χ2v) is 6.89. The van der Waals surface area contributed by atoms with Crippen molar-refractivity contribution in [3.63, 3.8) is 0 Å². The molecule has 0 bridgehead atoms. The summed E-state index contributed by atoms with van der Waals surface area (Å²) in [5.74, 6) is 1.14. The van der Waals surface area contributed by atoms with Crippen LogP contribution >= 0.6 is 0 Å². The van der Waals surface area contributed by atoms with Gasteiger partial charge in [-0.2, -0.15) is 4.98 Å². The summed E-state index contributed by atoms with van der Waals surface area (Å²) in [6, 6.07) is 10.6. The molecule has 30 heavy (non-hydrogen) atoms. The summed E-state index contributed by atoms with van der Waals surface area (Å²) < 4.78 is 0. The van der Waals surface area contributed by atoms with Crippen LogP contribution < -0.4 is 16.0 Å². The Morgan fingerprint density at radius 2 is 1.90 bits per heavy atom. The fourth-order valence-electron chi connectivity index (χ4n) is 2.48. The van der Waals surface area contributed by atoms with E-state index in [1.54, 1.807) is 56.5 Å². The van der Waals surface area contributed by atoms with Gasteiger partial charge < -0.3 is 21.1 Å². The van der Waals surface area contributed by atoms with Gasteiger partial charge in [0.2, 0.25) is 5.95 Å². The summed E-state index contributed by atoms with van der Waals surface area (Å²) in [5.41, 5.74) is -0.399. The third-order valence-electron chi connectivity index (χ3n) is 3.97. The number of carbonyl (C=O) groups excluding carboxylic acids is 1. The highest BCUT2D eigenvalue weighted by atomic mass is 16.3. The highest BCUT2D eigenvalue weighted by Gasteiger charge is 2.19. The second-order valence-electron chi connectivity index (χ2n) is 6.89. The molecule has 1 amide bonds. The smallest absolute Gasteiger partial charge is 0.256 e. The maximum atomic E-state index is 12.5. The van der Waals surface area contributed by atoms with E-state index in [1.165, 1.54) is 6.20 Å². The molecule has 0 aromatic carbocycles. The zero-order valence-electron chi connectivity index (χ0n) is 16.8. The SMILES string of the molecule is C=CCNC(=O)c1cnc(Nc2ccccn2)nc1Nc1cccc(C(C)(C)O)n1. The lowest BCUT2D eigenvalue weighted by Gasteiger charge is -2.18. The maximum absolute atomic E-state index is 12.5. The van der Waals surface area contributed by atoms with Gasteiger partial charge in [0.25, 0.3) is 5.91 Å². The Kier molecular flexibility index (Phi) is 6.33. The van der Waals surface area contributed by atoms with Crippen molar-refractivity contribution in [2.24, 2.45) is 0 Å². The van der Waals surface area contributed by atoms with Crippen molar-refractivity contribution in [3.05, 3.63) is 72.7 Å². The standard InChI is InChI=1S/C21H23N7O2/c1-4-11-23-19(29)14-13-24-20(27-16-9-5-6-12-22-16)28-18(14)26-17-10-7-8-15(25-17)21(2,3)30/h4-10,12-13,30H,1,11H2,2-3H3,(H,23,29)(H2,22,24,25,26,27,28). The number of aromatic nitrogens is 4. The van der Waals surface area contributed by atoms with E-state index in [0.29, 0.717) is 23.9 Å². The van der Waals surface area contributed by atoms with Gasteiger partial charge in [0.15, 0.2) is 0 Å². The van der Waals surface area contributed by atoms with Crippen LogP contribution in [0.15, 0.2) is 61.4 Å². The third kappa shape index (κ3) is 5.36. The lowest BCUT2D eigenvalue weighted by atomic mass is 10.1. The predicted octanol–water partition coefficient (Wildman–Crippen LogP) is 2.90. The van der Waals surface area contributed by atoms with Crippen LogP contribution in [0.25, 0.3) is 0 Å². The van der Waals surface area contributed by atoms with Crippen LogP contribution in [0.5, 0.6) is 0 Å². The summed E-state index contributed by atoms with van der Waals surface area (Å²) in [6.45, 7) is 7.19. The van der Waals surface area contributed by atoms with Crippen molar-refractivity contribution in [3.8, 4) is 0 Å². The van der Waals surface area contributed by atoms with E-state index in [-0.39, 0.29) is 23.2 Å². The van der Waals surface area contributed by atoms with Gasteiger partial charge in [0, 0.05) is 18.9 Å². The number of nitrogens with one attached hydrogen (secondary N) is 3. The lowest BCUT2D eigenvalue weighted by Crippen LogP contribution is -2.25. The average Bonchev–Trinajstić information content (AvgIpc) is 2.72. The minimum atomic E-state index is -1.11. The summed E-state index contributed by atoms with van der Waals surface area (Å²) in [4.78, 5) is 29.8. The zero-order chi connectivity index (χ0) is 21.6. The molecule has 3 aromatic heterocycles. The number of carbonyl (C=O) groups is 1. The van der Waals surface area contributed by atoms with E-state index in [1.807, 2.05) is 6.07 Å². The second kappa shape index (κ2) is 9.10. The maximum Gasteiger partial charge on any atom is 0.256 e. The van der Waals surface area contributed by atoms with Crippen LogP contribution in [0, 0.1) is 0 Å². The lowest BCUT2D eigenvalue weighted by molar-refractivity contribution is 0.0740.